The van der Waals surface area contributed by atoms with Gasteiger partial charge in [0.05, 0.1) is 4.92 Å². The summed E-state index contributed by atoms with van der Waals surface area (Å²) in [5, 5.41) is 12.6. The number of nitro benzene ring substituents is 1. The number of amides is 2. The zero-order chi connectivity index (χ0) is 20.1. The molecule has 0 unspecified atom stereocenters. The molecule has 0 fully saturated rings. The first kappa shape index (κ1) is 19.1. The summed E-state index contributed by atoms with van der Waals surface area (Å²) in [5.74, 6) is -0.782. The van der Waals surface area contributed by atoms with Crippen LogP contribution >= 0.6 is 11.6 Å². The highest BCUT2D eigenvalue weighted by molar-refractivity contribution is 6.32. The summed E-state index contributed by atoms with van der Waals surface area (Å²) in [4.78, 5) is 34.2. The van der Waals surface area contributed by atoms with E-state index in [1.807, 2.05) is 36.4 Å². The lowest BCUT2D eigenvalue weighted by Gasteiger charge is -2.10. The molecule has 8 nitrogen and oxygen atoms in total. The largest absolute Gasteiger partial charge is 0.483 e. The van der Waals surface area contributed by atoms with E-state index in [1.165, 1.54) is 12.1 Å². The van der Waals surface area contributed by atoms with Crippen LogP contribution in [0.3, 0.4) is 0 Å². The van der Waals surface area contributed by atoms with Crippen molar-refractivity contribution in [2.75, 3.05) is 6.61 Å². The lowest BCUT2D eigenvalue weighted by molar-refractivity contribution is -0.384. The minimum absolute atomic E-state index is 0.0219. The van der Waals surface area contributed by atoms with Gasteiger partial charge in [-0.05, 0) is 23.6 Å². The third-order valence-electron chi connectivity index (χ3n) is 3.83. The molecule has 0 bridgehead atoms. The predicted octanol–water partition coefficient (Wildman–Crippen LogP) is 3.24. The van der Waals surface area contributed by atoms with Crippen LogP contribution in [0.4, 0.5) is 5.69 Å². The van der Waals surface area contributed by atoms with Crippen LogP contribution in [0.1, 0.15) is 10.4 Å². The number of halogens is 1. The topological polar surface area (TPSA) is 111 Å². The van der Waals surface area contributed by atoms with E-state index in [9.17, 15) is 19.7 Å². The van der Waals surface area contributed by atoms with Gasteiger partial charge in [-0.15, -0.1) is 0 Å². The van der Waals surface area contributed by atoms with Crippen LogP contribution in [0, 0.1) is 10.1 Å². The zero-order valence-electron chi connectivity index (χ0n) is 14.3. The molecule has 0 aromatic heterocycles. The molecule has 9 heteroatoms. The third-order valence-corrected chi connectivity index (χ3v) is 4.15. The second-order valence-corrected chi connectivity index (χ2v) is 6.10. The molecule has 2 amide bonds. The van der Waals surface area contributed by atoms with Gasteiger partial charge in [-0.25, -0.2) is 0 Å². The van der Waals surface area contributed by atoms with Gasteiger partial charge in [0, 0.05) is 17.0 Å². The molecular weight excluding hydrogens is 386 g/mol. The average molecular weight is 400 g/mol. The molecule has 0 radical (unpaired) electrons. The number of hydrogen-bond acceptors (Lipinski definition) is 5. The van der Waals surface area contributed by atoms with Gasteiger partial charge in [-0.3, -0.25) is 30.6 Å². The number of carbonyl (C=O) groups excluding carboxylic acids is 2. The van der Waals surface area contributed by atoms with Crippen LogP contribution in [0.5, 0.6) is 5.75 Å². The molecular formula is C19H14ClN3O5. The lowest BCUT2D eigenvalue weighted by Crippen LogP contribution is -2.43. The summed E-state index contributed by atoms with van der Waals surface area (Å²) in [6.07, 6.45) is 0. The number of hydrazine groups is 1. The summed E-state index contributed by atoms with van der Waals surface area (Å²) in [6, 6.07) is 16.6. The number of benzene rings is 3. The molecule has 0 aliphatic rings. The predicted molar refractivity (Wildman–Crippen MR) is 103 cm³/mol. The highest BCUT2D eigenvalue weighted by Gasteiger charge is 2.16. The summed E-state index contributed by atoms with van der Waals surface area (Å²) in [7, 11) is 0. The van der Waals surface area contributed by atoms with Crippen molar-refractivity contribution in [2.24, 2.45) is 0 Å². The molecule has 0 atom stereocenters. The Morgan fingerprint density at radius 2 is 1.79 bits per heavy atom. The summed E-state index contributed by atoms with van der Waals surface area (Å²) in [5.41, 5.74) is 3.95. The number of nitrogens with zero attached hydrogens (tertiary/aromatic N) is 1. The highest BCUT2D eigenvalue weighted by Crippen LogP contribution is 2.25. The SMILES string of the molecule is O=C(COc1cccc2ccccc12)NNC(=O)c1ccc(Cl)c([N+](=O)[O-])c1. The Labute approximate surface area is 164 Å². The minimum atomic E-state index is -0.724. The Kier molecular flexibility index (Phi) is 5.71. The molecule has 0 aliphatic carbocycles. The number of nitro groups is 1. The Balaban J connectivity index is 1.58. The van der Waals surface area contributed by atoms with Crippen LogP contribution in [0.25, 0.3) is 10.8 Å². The fraction of sp³-hybridized carbons (Fsp3) is 0.0526. The molecule has 2 N–H and O–H groups in total. The fourth-order valence-electron chi connectivity index (χ4n) is 2.49. The van der Waals surface area contributed by atoms with Crippen LogP contribution in [0.2, 0.25) is 5.02 Å². The minimum Gasteiger partial charge on any atom is -0.483 e. The van der Waals surface area contributed by atoms with Gasteiger partial charge in [0.2, 0.25) is 0 Å². The van der Waals surface area contributed by atoms with E-state index in [0.717, 1.165) is 16.8 Å². The molecule has 0 heterocycles. The molecule has 0 aliphatic heterocycles. The second kappa shape index (κ2) is 8.36. The molecule has 0 spiro atoms. The van der Waals surface area contributed by atoms with Crippen molar-refractivity contribution in [1.29, 1.82) is 0 Å². The highest BCUT2D eigenvalue weighted by atomic mass is 35.5. The standard InChI is InChI=1S/C19H14ClN3O5/c20-15-9-8-13(10-16(15)23(26)27)19(25)22-21-18(24)11-28-17-7-3-5-12-4-1-2-6-14(12)17/h1-10H,11H2,(H,21,24)(H,22,25). The van der Waals surface area contributed by atoms with E-state index >= 15 is 0 Å². The molecule has 0 saturated heterocycles. The molecule has 0 saturated carbocycles. The van der Waals surface area contributed by atoms with Gasteiger partial charge < -0.3 is 4.74 Å². The number of fused-ring (bicyclic) bond motifs is 1. The number of nitrogens with one attached hydrogen (secondary N) is 2. The van der Waals surface area contributed by atoms with Crippen LogP contribution in [-0.2, 0) is 4.79 Å². The van der Waals surface area contributed by atoms with Crippen LogP contribution in [0.15, 0.2) is 60.7 Å². The molecule has 142 valence electrons. The van der Waals surface area contributed by atoms with Crippen molar-refractivity contribution < 1.29 is 19.2 Å². The van der Waals surface area contributed by atoms with Gasteiger partial charge in [0.25, 0.3) is 17.5 Å². The number of carbonyl (C=O) groups is 2. The van der Waals surface area contributed by atoms with Gasteiger partial charge in [-0.1, -0.05) is 48.0 Å². The maximum absolute atomic E-state index is 12.1. The van der Waals surface area contributed by atoms with E-state index in [2.05, 4.69) is 10.9 Å². The van der Waals surface area contributed by atoms with E-state index in [4.69, 9.17) is 16.3 Å². The Morgan fingerprint density at radius 3 is 2.57 bits per heavy atom. The lowest BCUT2D eigenvalue weighted by atomic mass is 10.1. The van der Waals surface area contributed by atoms with Crippen molar-refractivity contribution >= 4 is 39.9 Å². The first-order valence-electron chi connectivity index (χ1n) is 8.09. The zero-order valence-corrected chi connectivity index (χ0v) is 15.1. The number of rotatable bonds is 5. The first-order valence-corrected chi connectivity index (χ1v) is 8.47. The van der Waals surface area contributed by atoms with Gasteiger partial charge in [0.1, 0.15) is 10.8 Å². The molecule has 3 aromatic carbocycles. The Morgan fingerprint density at radius 1 is 1.04 bits per heavy atom. The van der Waals surface area contributed by atoms with Crippen LogP contribution in [-0.4, -0.2) is 23.3 Å². The van der Waals surface area contributed by atoms with Gasteiger partial charge >= 0.3 is 0 Å². The maximum atomic E-state index is 12.1. The molecule has 28 heavy (non-hydrogen) atoms. The normalized spacial score (nSPS) is 10.3. The average Bonchev–Trinajstić information content (AvgIpc) is 2.70. The van der Waals surface area contributed by atoms with E-state index < -0.39 is 22.4 Å². The van der Waals surface area contributed by atoms with E-state index in [1.54, 1.807) is 6.07 Å². The van der Waals surface area contributed by atoms with Crippen molar-refractivity contribution in [3.05, 3.63) is 81.4 Å². The summed E-state index contributed by atoms with van der Waals surface area (Å²) >= 11 is 5.70. The summed E-state index contributed by atoms with van der Waals surface area (Å²) < 4.78 is 5.52. The van der Waals surface area contributed by atoms with E-state index in [0.29, 0.717) is 5.75 Å². The Bertz CT molecular complexity index is 1070. The summed E-state index contributed by atoms with van der Waals surface area (Å²) in [6.45, 7) is -0.324. The van der Waals surface area contributed by atoms with Crippen molar-refractivity contribution in [1.82, 2.24) is 10.9 Å². The molecule has 3 rings (SSSR count). The quantitative estimate of drug-likeness (QED) is 0.505. The monoisotopic (exact) mass is 399 g/mol. The van der Waals surface area contributed by atoms with Crippen LogP contribution < -0.4 is 15.6 Å². The maximum Gasteiger partial charge on any atom is 0.288 e. The van der Waals surface area contributed by atoms with Crippen molar-refractivity contribution in [2.45, 2.75) is 0 Å². The molecule has 3 aromatic rings. The van der Waals surface area contributed by atoms with Crippen molar-refractivity contribution in [3.8, 4) is 5.75 Å². The van der Waals surface area contributed by atoms with Gasteiger partial charge in [0.15, 0.2) is 6.61 Å². The Hall–Kier alpha value is -3.65. The second-order valence-electron chi connectivity index (χ2n) is 5.69. The fourth-order valence-corrected chi connectivity index (χ4v) is 2.68. The smallest absolute Gasteiger partial charge is 0.288 e. The van der Waals surface area contributed by atoms with Crippen molar-refractivity contribution in [3.63, 3.8) is 0 Å². The number of hydrogen-bond donors (Lipinski definition) is 2. The third kappa shape index (κ3) is 4.36. The number of ether oxygens (including phenoxy) is 1. The first-order chi connectivity index (χ1) is 13.5. The van der Waals surface area contributed by atoms with E-state index in [-0.39, 0.29) is 17.2 Å². The van der Waals surface area contributed by atoms with Gasteiger partial charge in [-0.2, -0.15) is 0 Å².